The average Bonchev–Trinajstić information content (AvgIpc) is 2.72. The van der Waals surface area contributed by atoms with Crippen molar-refractivity contribution >= 4 is 35.1 Å². The molecule has 33 heavy (non-hydrogen) atoms. The van der Waals surface area contributed by atoms with E-state index in [0.717, 1.165) is 5.56 Å². The number of carbonyl (C=O) groups excluding carboxylic acids is 2. The van der Waals surface area contributed by atoms with E-state index in [1.807, 2.05) is 13.8 Å². The number of rotatable bonds is 7. The molecule has 3 rings (SSSR count). The van der Waals surface area contributed by atoms with Gasteiger partial charge in [0.1, 0.15) is 5.75 Å². The fourth-order valence-corrected chi connectivity index (χ4v) is 3.46. The van der Waals surface area contributed by atoms with Gasteiger partial charge in [0.2, 0.25) is 17.8 Å². The third kappa shape index (κ3) is 6.46. The summed E-state index contributed by atoms with van der Waals surface area (Å²) >= 11 is 5.98. The van der Waals surface area contributed by atoms with Gasteiger partial charge >= 0.3 is 0 Å². The van der Waals surface area contributed by atoms with Gasteiger partial charge in [-0.25, -0.2) is 4.99 Å². The van der Waals surface area contributed by atoms with E-state index in [9.17, 15) is 14.7 Å². The van der Waals surface area contributed by atoms with Gasteiger partial charge in [0.05, 0.1) is 12.6 Å². The first-order valence-electron chi connectivity index (χ1n) is 10.8. The molecule has 2 aromatic rings. The molecule has 0 aromatic heterocycles. The molecule has 0 radical (unpaired) electrons. The first-order chi connectivity index (χ1) is 15.6. The number of hydrogen-bond donors (Lipinski definition) is 3. The van der Waals surface area contributed by atoms with Crippen molar-refractivity contribution in [1.82, 2.24) is 10.2 Å². The smallest absolute Gasteiger partial charge is 0.246 e. The highest BCUT2D eigenvalue weighted by molar-refractivity contribution is 6.30. The fraction of sp³-hybridized carbons (Fsp3) is 0.375. The molecule has 9 heteroatoms. The Kier molecular flexibility index (Phi) is 7.94. The van der Waals surface area contributed by atoms with E-state index >= 15 is 0 Å². The van der Waals surface area contributed by atoms with Crippen LogP contribution in [0.25, 0.3) is 0 Å². The Hall–Kier alpha value is -3.10. The molecule has 1 heterocycles. The maximum atomic E-state index is 13.3. The van der Waals surface area contributed by atoms with Gasteiger partial charge in [0.25, 0.3) is 0 Å². The summed E-state index contributed by atoms with van der Waals surface area (Å²) in [5, 5.41) is 16.9. The molecule has 2 unspecified atom stereocenters. The van der Waals surface area contributed by atoms with Crippen molar-refractivity contribution in [2.75, 3.05) is 5.32 Å². The summed E-state index contributed by atoms with van der Waals surface area (Å²) in [5.74, 6) is -1.60. The SMILES string of the molecule is CC(C)NC(=O)C1C(=O)N(Cc2ccc(Cl)cc2)C(Nc2ccc(OC(C)C)cc2)=NC1O. The number of amides is 2. The van der Waals surface area contributed by atoms with Crippen LogP contribution < -0.4 is 15.4 Å². The third-order valence-electron chi connectivity index (χ3n) is 4.79. The lowest BCUT2D eigenvalue weighted by atomic mass is 10.0. The van der Waals surface area contributed by atoms with Crippen molar-refractivity contribution in [3.8, 4) is 5.75 Å². The second-order valence-corrected chi connectivity index (χ2v) is 8.81. The van der Waals surface area contributed by atoms with Gasteiger partial charge in [0.15, 0.2) is 12.1 Å². The zero-order chi connectivity index (χ0) is 24.1. The Morgan fingerprint density at radius 1 is 1.12 bits per heavy atom. The average molecular weight is 473 g/mol. The summed E-state index contributed by atoms with van der Waals surface area (Å²) in [5.41, 5.74) is 1.44. The summed E-state index contributed by atoms with van der Waals surface area (Å²) in [6.45, 7) is 7.60. The molecule has 0 spiro atoms. The quantitative estimate of drug-likeness (QED) is 0.536. The van der Waals surface area contributed by atoms with Crippen LogP contribution >= 0.6 is 11.6 Å². The van der Waals surface area contributed by atoms with E-state index in [1.54, 1.807) is 62.4 Å². The Morgan fingerprint density at radius 3 is 2.33 bits per heavy atom. The maximum Gasteiger partial charge on any atom is 0.246 e. The Bertz CT molecular complexity index is 1010. The lowest BCUT2D eigenvalue weighted by Crippen LogP contribution is -2.56. The molecular formula is C24H29ClN4O4. The van der Waals surface area contributed by atoms with Gasteiger partial charge in [-0.3, -0.25) is 14.5 Å². The monoisotopic (exact) mass is 472 g/mol. The molecule has 2 amide bonds. The second kappa shape index (κ2) is 10.7. The highest BCUT2D eigenvalue weighted by Crippen LogP contribution is 2.23. The minimum absolute atomic E-state index is 0.0445. The summed E-state index contributed by atoms with van der Waals surface area (Å²) < 4.78 is 5.66. The number of halogens is 1. The summed E-state index contributed by atoms with van der Waals surface area (Å²) in [6.07, 6.45) is -1.47. The second-order valence-electron chi connectivity index (χ2n) is 8.37. The van der Waals surface area contributed by atoms with Crippen LogP contribution in [0, 0.1) is 5.92 Å². The van der Waals surface area contributed by atoms with E-state index < -0.39 is 24.0 Å². The molecular weight excluding hydrogens is 444 g/mol. The highest BCUT2D eigenvalue weighted by Gasteiger charge is 2.42. The van der Waals surface area contributed by atoms with Gasteiger partial charge < -0.3 is 20.5 Å². The molecule has 176 valence electrons. The third-order valence-corrected chi connectivity index (χ3v) is 5.04. The van der Waals surface area contributed by atoms with E-state index in [-0.39, 0.29) is 24.7 Å². The minimum Gasteiger partial charge on any atom is -0.491 e. The lowest BCUT2D eigenvalue weighted by molar-refractivity contribution is -0.145. The number of aliphatic imine (C=N–C) groups is 1. The molecule has 1 aliphatic rings. The molecule has 2 aromatic carbocycles. The van der Waals surface area contributed by atoms with Crippen LogP contribution in [0.5, 0.6) is 5.75 Å². The van der Waals surface area contributed by atoms with E-state index in [1.165, 1.54) is 4.90 Å². The normalized spacial score (nSPS) is 18.4. The standard InChI is InChI=1S/C24H29ClN4O4/c1-14(2)26-21(30)20-22(31)28-24(27-18-9-11-19(12-10-18)33-15(3)4)29(23(20)32)13-16-5-7-17(25)8-6-16/h5-12,14-15,20,22,31H,13H2,1-4H3,(H,26,30)(H,27,28). The zero-order valence-corrected chi connectivity index (χ0v) is 19.8. The van der Waals surface area contributed by atoms with Crippen molar-refractivity contribution < 1.29 is 19.4 Å². The molecule has 3 N–H and O–H groups in total. The molecule has 0 aliphatic carbocycles. The highest BCUT2D eigenvalue weighted by atomic mass is 35.5. The van der Waals surface area contributed by atoms with Crippen LogP contribution in [0.4, 0.5) is 5.69 Å². The summed E-state index contributed by atoms with van der Waals surface area (Å²) in [4.78, 5) is 31.6. The molecule has 1 aliphatic heterocycles. The van der Waals surface area contributed by atoms with Gasteiger partial charge in [0, 0.05) is 16.8 Å². The predicted octanol–water partition coefficient (Wildman–Crippen LogP) is 3.40. The number of anilines is 1. The summed E-state index contributed by atoms with van der Waals surface area (Å²) in [7, 11) is 0. The minimum atomic E-state index is -1.51. The van der Waals surface area contributed by atoms with Crippen LogP contribution in [0.3, 0.4) is 0 Å². The van der Waals surface area contributed by atoms with E-state index in [0.29, 0.717) is 16.5 Å². The summed E-state index contributed by atoms with van der Waals surface area (Å²) in [6, 6.07) is 14.0. The zero-order valence-electron chi connectivity index (χ0n) is 19.1. The molecule has 2 atom stereocenters. The Balaban J connectivity index is 1.89. The van der Waals surface area contributed by atoms with Crippen molar-refractivity contribution in [2.24, 2.45) is 10.9 Å². The first-order valence-corrected chi connectivity index (χ1v) is 11.2. The number of aliphatic hydroxyl groups excluding tert-OH is 1. The maximum absolute atomic E-state index is 13.3. The van der Waals surface area contributed by atoms with Gasteiger partial charge in [-0.2, -0.15) is 0 Å². The Morgan fingerprint density at radius 2 is 1.76 bits per heavy atom. The largest absolute Gasteiger partial charge is 0.491 e. The van der Waals surface area contributed by atoms with Gasteiger partial charge in [-0.1, -0.05) is 23.7 Å². The molecule has 0 fully saturated rings. The number of aliphatic hydroxyl groups is 1. The van der Waals surface area contributed by atoms with Gasteiger partial charge in [-0.05, 0) is 69.7 Å². The van der Waals surface area contributed by atoms with E-state index in [4.69, 9.17) is 16.3 Å². The lowest BCUT2D eigenvalue weighted by Gasteiger charge is -2.34. The number of carbonyl (C=O) groups is 2. The topological polar surface area (TPSA) is 103 Å². The van der Waals surface area contributed by atoms with Crippen molar-refractivity contribution in [1.29, 1.82) is 0 Å². The van der Waals surface area contributed by atoms with Crippen molar-refractivity contribution in [3.63, 3.8) is 0 Å². The predicted molar refractivity (Wildman–Crippen MR) is 128 cm³/mol. The van der Waals surface area contributed by atoms with Crippen LogP contribution in [0.15, 0.2) is 53.5 Å². The number of hydrogen-bond acceptors (Lipinski definition) is 6. The molecule has 8 nitrogen and oxygen atoms in total. The molecule has 0 saturated carbocycles. The van der Waals surface area contributed by atoms with Gasteiger partial charge in [-0.15, -0.1) is 0 Å². The number of benzene rings is 2. The number of nitrogens with zero attached hydrogens (tertiary/aromatic N) is 2. The number of ether oxygens (including phenoxy) is 1. The van der Waals surface area contributed by atoms with E-state index in [2.05, 4.69) is 15.6 Å². The van der Waals surface area contributed by atoms with Crippen LogP contribution in [0.1, 0.15) is 33.3 Å². The van der Waals surface area contributed by atoms with Crippen molar-refractivity contribution in [3.05, 3.63) is 59.1 Å². The van der Waals surface area contributed by atoms with Crippen LogP contribution in [0.2, 0.25) is 5.02 Å². The van der Waals surface area contributed by atoms with Crippen LogP contribution in [-0.2, 0) is 16.1 Å². The first kappa shape index (κ1) is 24.5. The number of guanidine groups is 1. The van der Waals surface area contributed by atoms with Crippen LogP contribution in [-0.4, -0.2) is 46.2 Å². The molecule has 0 bridgehead atoms. The fourth-order valence-electron chi connectivity index (χ4n) is 3.33. The number of nitrogens with one attached hydrogen (secondary N) is 2. The van der Waals surface area contributed by atoms with Crippen molar-refractivity contribution in [2.45, 2.75) is 52.6 Å². The Labute approximate surface area is 198 Å². The molecule has 0 saturated heterocycles.